The van der Waals surface area contributed by atoms with Gasteiger partial charge in [0.05, 0.1) is 24.9 Å². The molecule has 3 aromatic rings. The highest BCUT2D eigenvalue weighted by atomic mass is 19.1. The number of benzene rings is 1. The number of carbonyl (C=O) groups is 1. The van der Waals surface area contributed by atoms with Gasteiger partial charge >= 0.3 is 0 Å². The lowest BCUT2D eigenvalue weighted by molar-refractivity contribution is 0.0945. The molecule has 118 valence electrons. The van der Waals surface area contributed by atoms with Crippen molar-refractivity contribution in [2.24, 2.45) is 0 Å². The quantitative estimate of drug-likeness (QED) is 0.772. The average molecular weight is 318 g/mol. The van der Waals surface area contributed by atoms with E-state index in [-0.39, 0.29) is 12.1 Å². The number of rotatable bonds is 4. The Morgan fingerprint density at radius 3 is 2.96 bits per heavy atom. The molecule has 0 aliphatic heterocycles. The molecule has 0 aliphatic carbocycles. The summed E-state index contributed by atoms with van der Waals surface area (Å²) >= 11 is 0. The molecule has 1 amide bonds. The molecule has 0 bridgehead atoms. The van der Waals surface area contributed by atoms with Crippen molar-refractivity contribution in [1.82, 2.24) is 20.5 Å². The van der Waals surface area contributed by atoms with Gasteiger partial charge in [0.15, 0.2) is 23.0 Å². The van der Waals surface area contributed by atoms with Gasteiger partial charge in [-0.3, -0.25) is 9.89 Å². The first-order chi connectivity index (χ1) is 11.1. The van der Waals surface area contributed by atoms with Crippen molar-refractivity contribution in [3.8, 4) is 5.75 Å². The minimum Gasteiger partial charge on any atom is -0.491 e. The maximum atomic E-state index is 14.0. The van der Waals surface area contributed by atoms with Crippen LogP contribution in [-0.4, -0.2) is 28.2 Å². The fourth-order valence-electron chi connectivity index (χ4n) is 2.20. The number of halogens is 2. The molecule has 2 N–H and O–H groups in total. The molecule has 2 aromatic heterocycles. The number of hydrogen-bond donors (Lipinski definition) is 2. The van der Waals surface area contributed by atoms with E-state index in [1.165, 1.54) is 0 Å². The fraction of sp³-hybridized carbons (Fsp3) is 0.133. The van der Waals surface area contributed by atoms with Gasteiger partial charge in [-0.15, -0.1) is 0 Å². The van der Waals surface area contributed by atoms with E-state index in [9.17, 15) is 13.6 Å². The summed E-state index contributed by atoms with van der Waals surface area (Å²) in [4.78, 5) is 16.2. The SMILES string of the molecule is COc1c(F)ccc(C(=O)NCc2[nH]nc3ncccc23)c1F. The van der Waals surface area contributed by atoms with Gasteiger partial charge in [-0.1, -0.05) is 0 Å². The summed E-state index contributed by atoms with van der Waals surface area (Å²) in [7, 11) is 1.13. The number of nitrogens with one attached hydrogen (secondary N) is 2. The van der Waals surface area contributed by atoms with Crippen LogP contribution in [0, 0.1) is 11.6 Å². The molecule has 23 heavy (non-hydrogen) atoms. The molecule has 1 aromatic carbocycles. The zero-order valence-electron chi connectivity index (χ0n) is 12.1. The maximum absolute atomic E-state index is 14.0. The van der Waals surface area contributed by atoms with E-state index in [0.29, 0.717) is 11.3 Å². The van der Waals surface area contributed by atoms with Crippen molar-refractivity contribution in [1.29, 1.82) is 0 Å². The van der Waals surface area contributed by atoms with Crippen LogP contribution in [0.5, 0.6) is 5.75 Å². The van der Waals surface area contributed by atoms with Crippen LogP contribution in [0.3, 0.4) is 0 Å². The fourth-order valence-corrected chi connectivity index (χ4v) is 2.20. The first-order valence-electron chi connectivity index (χ1n) is 6.70. The Labute approximate surface area is 129 Å². The molecular formula is C15H12F2N4O2. The van der Waals surface area contributed by atoms with E-state index in [2.05, 4.69) is 25.2 Å². The van der Waals surface area contributed by atoms with E-state index >= 15 is 0 Å². The number of hydrogen-bond acceptors (Lipinski definition) is 4. The molecule has 0 aliphatic rings. The number of aromatic nitrogens is 3. The van der Waals surface area contributed by atoms with Gasteiger partial charge in [0.1, 0.15) is 0 Å². The first-order valence-corrected chi connectivity index (χ1v) is 6.70. The number of fused-ring (bicyclic) bond motifs is 1. The van der Waals surface area contributed by atoms with Crippen LogP contribution in [0.1, 0.15) is 16.1 Å². The molecule has 0 fully saturated rings. The molecule has 2 heterocycles. The topological polar surface area (TPSA) is 79.9 Å². The number of ether oxygens (including phenoxy) is 1. The molecule has 3 rings (SSSR count). The highest BCUT2D eigenvalue weighted by Gasteiger charge is 2.19. The Bertz CT molecular complexity index is 879. The highest BCUT2D eigenvalue weighted by Crippen LogP contribution is 2.24. The van der Waals surface area contributed by atoms with Crippen molar-refractivity contribution in [2.75, 3.05) is 7.11 Å². The minimum atomic E-state index is -1.04. The smallest absolute Gasteiger partial charge is 0.254 e. The monoisotopic (exact) mass is 318 g/mol. The molecule has 0 atom stereocenters. The summed E-state index contributed by atoms with van der Waals surface area (Å²) in [6.07, 6.45) is 1.60. The molecule has 6 nitrogen and oxygen atoms in total. The summed E-state index contributed by atoms with van der Waals surface area (Å²) < 4.78 is 32.0. The predicted octanol–water partition coefficient (Wildman–Crippen LogP) is 2.17. The zero-order chi connectivity index (χ0) is 16.4. The van der Waals surface area contributed by atoms with Crippen molar-refractivity contribution in [3.05, 3.63) is 53.4 Å². The Morgan fingerprint density at radius 2 is 2.17 bits per heavy atom. The number of amides is 1. The van der Waals surface area contributed by atoms with Crippen LogP contribution >= 0.6 is 0 Å². The van der Waals surface area contributed by atoms with Gasteiger partial charge in [0.25, 0.3) is 5.91 Å². The van der Waals surface area contributed by atoms with Crippen LogP contribution < -0.4 is 10.1 Å². The molecule has 0 radical (unpaired) electrons. The number of aromatic amines is 1. The number of H-pyrrole nitrogens is 1. The zero-order valence-corrected chi connectivity index (χ0v) is 12.1. The summed E-state index contributed by atoms with van der Waals surface area (Å²) in [5.74, 6) is -3.19. The predicted molar refractivity (Wildman–Crippen MR) is 78.0 cm³/mol. The van der Waals surface area contributed by atoms with Gasteiger partial charge in [0.2, 0.25) is 0 Å². The normalized spacial score (nSPS) is 10.7. The lowest BCUT2D eigenvalue weighted by Gasteiger charge is -2.09. The molecule has 0 unspecified atom stereocenters. The molecule has 8 heteroatoms. The number of methoxy groups -OCH3 is 1. The number of nitrogens with zero attached hydrogens (tertiary/aromatic N) is 2. The summed E-state index contributed by atoms with van der Waals surface area (Å²) in [5.41, 5.74) is 0.854. The Kier molecular flexibility index (Phi) is 3.88. The minimum absolute atomic E-state index is 0.0974. The second kappa shape index (κ2) is 5.99. The highest BCUT2D eigenvalue weighted by molar-refractivity contribution is 5.95. The van der Waals surface area contributed by atoms with Gasteiger partial charge in [-0.2, -0.15) is 5.10 Å². The van der Waals surface area contributed by atoms with Gasteiger partial charge in [0, 0.05) is 11.6 Å². The van der Waals surface area contributed by atoms with E-state index in [1.807, 2.05) is 0 Å². The van der Waals surface area contributed by atoms with Crippen LogP contribution in [0.2, 0.25) is 0 Å². The van der Waals surface area contributed by atoms with Gasteiger partial charge < -0.3 is 10.1 Å². The van der Waals surface area contributed by atoms with Crippen molar-refractivity contribution < 1.29 is 18.3 Å². The third-order valence-corrected chi connectivity index (χ3v) is 3.33. The van der Waals surface area contributed by atoms with Crippen molar-refractivity contribution in [3.63, 3.8) is 0 Å². The standard InChI is InChI=1S/C15H12F2N4O2/c1-23-13-10(16)5-4-9(12(13)17)15(22)19-7-11-8-3-2-6-18-14(8)21-20-11/h2-6H,7H2,1H3,(H,19,22)(H,18,20,21). The molecular weight excluding hydrogens is 306 g/mol. The summed E-state index contributed by atoms with van der Waals surface area (Å²) in [5, 5.41) is 10.1. The molecule has 0 spiro atoms. The summed E-state index contributed by atoms with van der Waals surface area (Å²) in [6, 6.07) is 5.59. The van der Waals surface area contributed by atoms with E-state index in [0.717, 1.165) is 24.6 Å². The van der Waals surface area contributed by atoms with E-state index < -0.39 is 23.3 Å². The lowest BCUT2D eigenvalue weighted by Crippen LogP contribution is -2.24. The van der Waals surface area contributed by atoms with E-state index in [1.54, 1.807) is 18.3 Å². The van der Waals surface area contributed by atoms with Gasteiger partial charge in [-0.05, 0) is 24.3 Å². The number of carbonyl (C=O) groups excluding carboxylic acids is 1. The van der Waals surface area contributed by atoms with Crippen LogP contribution in [-0.2, 0) is 6.54 Å². The molecule has 0 saturated heterocycles. The van der Waals surface area contributed by atoms with Crippen LogP contribution in [0.25, 0.3) is 11.0 Å². The third-order valence-electron chi connectivity index (χ3n) is 3.33. The molecule has 0 saturated carbocycles. The third kappa shape index (κ3) is 2.70. The second-order valence-corrected chi connectivity index (χ2v) is 4.70. The Hall–Kier alpha value is -3.03. The lowest BCUT2D eigenvalue weighted by atomic mass is 10.1. The largest absolute Gasteiger partial charge is 0.491 e. The average Bonchev–Trinajstić information content (AvgIpc) is 2.96. The van der Waals surface area contributed by atoms with Crippen molar-refractivity contribution in [2.45, 2.75) is 6.54 Å². The first kappa shape index (κ1) is 14.9. The Morgan fingerprint density at radius 1 is 1.35 bits per heavy atom. The van der Waals surface area contributed by atoms with Crippen LogP contribution in [0.4, 0.5) is 8.78 Å². The number of pyridine rings is 1. The second-order valence-electron chi connectivity index (χ2n) is 4.70. The van der Waals surface area contributed by atoms with E-state index in [4.69, 9.17) is 0 Å². The van der Waals surface area contributed by atoms with Gasteiger partial charge in [-0.25, -0.2) is 13.8 Å². The Balaban J connectivity index is 1.80. The van der Waals surface area contributed by atoms with Crippen molar-refractivity contribution >= 4 is 16.9 Å². The maximum Gasteiger partial charge on any atom is 0.254 e. The summed E-state index contributed by atoms with van der Waals surface area (Å²) in [6.45, 7) is 0.0974. The van der Waals surface area contributed by atoms with Crippen LogP contribution in [0.15, 0.2) is 30.5 Å².